The SMILES string of the molecule is CCOCC(C)=C(O[Si](C)(C)C)O[Si](C)(C)C. The van der Waals surface area contributed by atoms with E-state index in [1.807, 2.05) is 13.8 Å². The predicted octanol–water partition coefficient (Wildman–Crippen LogP) is 3.96. The van der Waals surface area contributed by atoms with E-state index in [2.05, 4.69) is 39.3 Å². The minimum atomic E-state index is -1.64. The molecule has 0 aromatic heterocycles. The summed E-state index contributed by atoms with van der Waals surface area (Å²) in [6, 6.07) is 0. The topological polar surface area (TPSA) is 27.7 Å². The lowest BCUT2D eigenvalue weighted by atomic mass is 10.3. The van der Waals surface area contributed by atoms with Gasteiger partial charge < -0.3 is 13.6 Å². The van der Waals surface area contributed by atoms with Crippen LogP contribution in [0.3, 0.4) is 0 Å². The predicted molar refractivity (Wildman–Crippen MR) is 78.1 cm³/mol. The van der Waals surface area contributed by atoms with Crippen molar-refractivity contribution >= 4 is 16.6 Å². The molecule has 0 rings (SSSR count). The standard InChI is InChI=1S/C12H28O3Si2/c1-9-13-10-11(2)12(14-16(3,4)5)15-17(6,7)8/h9-10H2,1-8H3. The summed E-state index contributed by atoms with van der Waals surface area (Å²) >= 11 is 0. The van der Waals surface area contributed by atoms with E-state index in [4.69, 9.17) is 13.6 Å². The molecular weight excluding hydrogens is 248 g/mol. The summed E-state index contributed by atoms with van der Waals surface area (Å²) in [5.74, 6) is 0.705. The van der Waals surface area contributed by atoms with E-state index in [0.717, 1.165) is 5.57 Å². The molecule has 0 spiro atoms. The van der Waals surface area contributed by atoms with Crippen molar-refractivity contribution < 1.29 is 13.6 Å². The lowest BCUT2D eigenvalue weighted by Crippen LogP contribution is -2.32. The van der Waals surface area contributed by atoms with Gasteiger partial charge >= 0.3 is 0 Å². The van der Waals surface area contributed by atoms with Gasteiger partial charge in [-0.1, -0.05) is 0 Å². The normalized spacial score (nSPS) is 12.2. The lowest BCUT2D eigenvalue weighted by Gasteiger charge is -2.29. The van der Waals surface area contributed by atoms with E-state index in [1.165, 1.54) is 0 Å². The fraction of sp³-hybridized carbons (Fsp3) is 0.833. The zero-order valence-electron chi connectivity index (χ0n) is 12.6. The van der Waals surface area contributed by atoms with Crippen molar-refractivity contribution in [1.29, 1.82) is 0 Å². The first kappa shape index (κ1) is 16.7. The fourth-order valence-corrected chi connectivity index (χ4v) is 2.69. The molecule has 0 bridgehead atoms. The van der Waals surface area contributed by atoms with Gasteiger partial charge in [0.2, 0.25) is 16.6 Å². The van der Waals surface area contributed by atoms with Gasteiger partial charge in [-0.05, 0) is 53.1 Å². The summed E-state index contributed by atoms with van der Waals surface area (Å²) in [5.41, 5.74) is 1.05. The maximum atomic E-state index is 6.02. The molecule has 0 unspecified atom stereocenters. The molecule has 0 aliphatic rings. The monoisotopic (exact) mass is 276 g/mol. The Labute approximate surface area is 108 Å². The summed E-state index contributed by atoms with van der Waals surface area (Å²) in [6.07, 6.45) is 0. The Kier molecular flexibility index (Phi) is 6.51. The molecule has 0 fully saturated rings. The first-order chi connectivity index (χ1) is 7.55. The average Bonchev–Trinajstić information content (AvgIpc) is 2.08. The summed E-state index contributed by atoms with van der Waals surface area (Å²) in [5, 5.41) is 0. The Morgan fingerprint density at radius 3 is 1.59 bits per heavy atom. The highest BCUT2D eigenvalue weighted by atomic mass is 28.4. The van der Waals surface area contributed by atoms with Gasteiger partial charge in [-0.2, -0.15) is 0 Å². The zero-order valence-corrected chi connectivity index (χ0v) is 14.6. The van der Waals surface area contributed by atoms with Crippen molar-refractivity contribution in [2.24, 2.45) is 0 Å². The molecular formula is C12H28O3Si2. The van der Waals surface area contributed by atoms with Crippen LogP contribution in [-0.4, -0.2) is 29.8 Å². The third-order valence-electron chi connectivity index (χ3n) is 1.67. The Bertz CT molecular complexity index is 244. The average molecular weight is 277 g/mol. The van der Waals surface area contributed by atoms with Gasteiger partial charge in [0.05, 0.1) is 6.61 Å². The van der Waals surface area contributed by atoms with Crippen molar-refractivity contribution in [2.45, 2.75) is 53.1 Å². The highest BCUT2D eigenvalue weighted by Gasteiger charge is 2.25. The van der Waals surface area contributed by atoms with E-state index in [9.17, 15) is 0 Å². The second kappa shape index (κ2) is 6.61. The van der Waals surface area contributed by atoms with Gasteiger partial charge in [-0.15, -0.1) is 0 Å². The highest BCUT2D eigenvalue weighted by molar-refractivity contribution is 6.71. The molecule has 0 amide bonds. The molecule has 0 aliphatic heterocycles. The Morgan fingerprint density at radius 2 is 1.29 bits per heavy atom. The van der Waals surface area contributed by atoms with Crippen LogP contribution in [0.15, 0.2) is 11.5 Å². The molecule has 0 radical (unpaired) electrons. The number of hydrogen-bond donors (Lipinski definition) is 0. The van der Waals surface area contributed by atoms with Crippen LogP contribution in [0, 0.1) is 0 Å². The largest absolute Gasteiger partial charge is 0.521 e. The smallest absolute Gasteiger partial charge is 0.252 e. The van der Waals surface area contributed by atoms with Crippen LogP contribution in [0.1, 0.15) is 13.8 Å². The van der Waals surface area contributed by atoms with E-state index < -0.39 is 16.6 Å². The molecule has 3 nitrogen and oxygen atoms in total. The third kappa shape index (κ3) is 9.44. The van der Waals surface area contributed by atoms with Crippen molar-refractivity contribution in [1.82, 2.24) is 0 Å². The molecule has 0 N–H and O–H groups in total. The van der Waals surface area contributed by atoms with Gasteiger partial charge in [0.25, 0.3) is 5.95 Å². The van der Waals surface area contributed by atoms with Gasteiger partial charge in [-0.25, -0.2) is 0 Å². The zero-order chi connectivity index (χ0) is 13.7. The molecule has 0 aromatic carbocycles. The summed E-state index contributed by atoms with van der Waals surface area (Å²) < 4.78 is 17.5. The summed E-state index contributed by atoms with van der Waals surface area (Å²) in [7, 11) is -3.28. The first-order valence-corrected chi connectivity index (χ1v) is 13.0. The quantitative estimate of drug-likeness (QED) is 0.520. The Balaban J connectivity index is 4.83. The van der Waals surface area contributed by atoms with Crippen LogP contribution in [-0.2, 0) is 13.6 Å². The second-order valence-corrected chi connectivity index (χ2v) is 15.0. The number of rotatable bonds is 7. The van der Waals surface area contributed by atoms with Crippen LogP contribution < -0.4 is 0 Å². The van der Waals surface area contributed by atoms with Gasteiger partial charge in [0, 0.05) is 12.2 Å². The highest BCUT2D eigenvalue weighted by Crippen LogP contribution is 2.20. The van der Waals surface area contributed by atoms with E-state index >= 15 is 0 Å². The molecule has 0 heterocycles. The van der Waals surface area contributed by atoms with Crippen LogP contribution in [0.5, 0.6) is 0 Å². The van der Waals surface area contributed by atoms with Gasteiger partial charge in [0.1, 0.15) is 0 Å². The van der Waals surface area contributed by atoms with Crippen molar-refractivity contribution in [2.75, 3.05) is 13.2 Å². The molecule has 0 aliphatic carbocycles. The first-order valence-electron chi connectivity index (χ1n) is 6.20. The Hall–Kier alpha value is -0.266. The van der Waals surface area contributed by atoms with Crippen LogP contribution in [0.25, 0.3) is 0 Å². The van der Waals surface area contributed by atoms with Crippen LogP contribution in [0.4, 0.5) is 0 Å². The van der Waals surface area contributed by atoms with E-state index in [1.54, 1.807) is 0 Å². The summed E-state index contributed by atoms with van der Waals surface area (Å²) in [6.45, 7) is 18.3. The second-order valence-electron chi connectivity index (χ2n) is 6.13. The molecule has 102 valence electrons. The minimum Gasteiger partial charge on any atom is -0.521 e. The third-order valence-corrected chi connectivity index (χ3v) is 3.26. The Morgan fingerprint density at radius 1 is 0.882 bits per heavy atom. The maximum Gasteiger partial charge on any atom is 0.252 e. The molecule has 0 atom stereocenters. The molecule has 0 aromatic rings. The van der Waals surface area contributed by atoms with Crippen molar-refractivity contribution in [3.8, 4) is 0 Å². The van der Waals surface area contributed by atoms with Crippen molar-refractivity contribution in [3.05, 3.63) is 11.5 Å². The number of ether oxygens (including phenoxy) is 1. The lowest BCUT2D eigenvalue weighted by molar-refractivity contribution is 0.152. The summed E-state index contributed by atoms with van der Waals surface area (Å²) in [4.78, 5) is 0. The molecule has 5 heteroatoms. The molecule has 0 saturated carbocycles. The van der Waals surface area contributed by atoms with E-state index in [-0.39, 0.29) is 0 Å². The molecule has 17 heavy (non-hydrogen) atoms. The van der Waals surface area contributed by atoms with Crippen LogP contribution in [0.2, 0.25) is 39.3 Å². The van der Waals surface area contributed by atoms with Crippen molar-refractivity contribution in [3.63, 3.8) is 0 Å². The van der Waals surface area contributed by atoms with Gasteiger partial charge in [0.15, 0.2) is 0 Å². The number of hydrogen-bond acceptors (Lipinski definition) is 3. The van der Waals surface area contributed by atoms with E-state index in [0.29, 0.717) is 19.2 Å². The maximum absolute atomic E-state index is 6.02. The van der Waals surface area contributed by atoms with Gasteiger partial charge in [-0.3, -0.25) is 0 Å². The molecule has 0 saturated heterocycles. The fourth-order valence-electron chi connectivity index (χ4n) is 1.07. The minimum absolute atomic E-state index is 0.584. The van der Waals surface area contributed by atoms with Crippen LogP contribution >= 0.6 is 0 Å².